The summed E-state index contributed by atoms with van der Waals surface area (Å²) in [6.07, 6.45) is 0. The lowest BCUT2D eigenvalue weighted by Crippen LogP contribution is -2.09. The summed E-state index contributed by atoms with van der Waals surface area (Å²) in [7, 11) is 0. The van der Waals surface area contributed by atoms with E-state index in [1.165, 1.54) is 87.6 Å². The molecule has 1 nitrogen and oxygen atoms in total. The van der Waals surface area contributed by atoms with E-state index < -0.39 is 0 Å². The van der Waals surface area contributed by atoms with Gasteiger partial charge in [0.25, 0.3) is 0 Å². The summed E-state index contributed by atoms with van der Waals surface area (Å²) in [5, 5.41) is 9.98. The van der Waals surface area contributed by atoms with E-state index in [1.807, 2.05) is 0 Å². The highest BCUT2D eigenvalue weighted by Gasteiger charge is 2.23. The van der Waals surface area contributed by atoms with E-state index in [4.69, 9.17) is 0 Å². The minimum Gasteiger partial charge on any atom is -0.310 e. The van der Waals surface area contributed by atoms with Crippen LogP contribution in [0.1, 0.15) is 0 Å². The summed E-state index contributed by atoms with van der Waals surface area (Å²) < 4.78 is 0. The molecule has 0 atom stereocenters. The third kappa shape index (κ3) is 6.04. The van der Waals surface area contributed by atoms with Crippen LogP contribution < -0.4 is 4.90 Å². The van der Waals surface area contributed by atoms with Crippen LogP contribution in [-0.4, -0.2) is 0 Å². The highest BCUT2D eigenvalue weighted by molar-refractivity contribution is 6.33. The first-order chi connectivity index (χ1) is 29.3. The molecule has 1 heteroatoms. The highest BCUT2D eigenvalue weighted by Crippen LogP contribution is 2.50. The van der Waals surface area contributed by atoms with Gasteiger partial charge < -0.3 is 4.90 Å². The minimum atomic E-state index is 1.11. The van der Waals surface area contributed by atoms with Crippen molar-refractivity contribution in [1.29, 1.82) is 0 Å². The van der Waals surface area contributed by atoms with Crippen molar-refractivity contribution in [3.05, 3.63) is 237 Å². The zero-order valence-electron chi connectivity index (χ0n) is 32.5. The lowest BCUT2D eigenvalue weighted by atomic mass is 9.81. The lowest BCUT2D eigenvalue weighted by Gasteiger charge is -2.27. The fraction of sp³-hybridized carbons (Fsp3) is 0. The molecule has 0 aromatic heterocycles. The predicted molar refractivity (Wildman–Crippen MR) is 253 cm³/mol. The highest BCUT2D eigenvalue weighted by atomic mass is 15.1. The molecule has 11 aromatic rings. The monoisotopic (exact) mass is 749 g/mol. The molecule has 0 aliphatic heterocycles. The molecule has 11 rings (SSSR count). The summed E-state index contributed by atoms with van der Waals surface area (Å²) in [6, 6.07) is 86.3. The Kier molecular flexibility index (Phi) is 8.56. The molecule has 0 heterocycles. The maximum Gasteiger partial charge on any atom is 0.0468 e. The van der Waals surface area contributed by atoms with Crippen LogP contribution in [0.2, 0.25) is 0 Å². The van der Waals surface area contributed by atoms with E-state index in [2.05, 4.69) is 241 Å². The third-order valence-corrected chi connectivity index (χ3v) is 11.8. The standard InChI is InChI=1S/C58H39N/c1-5-18-41(19-6-1)54-39-53(43-34-32-42(33-35-43)49-31-17-23-40-20-13-14-28-48(40)49)56(44-21-7-2-8-22-44)58-52-37-36-47(38-55(52)50-29-15-16-30-51(50)57(54)58)59(45-24-9-3-10-25-45)46-26-11-4-12-27-46/h1-39H. The molecular weight excluding hydrogens is 711 g/mol. The lowest BCUT2D eigenvalue weighted by molar-refractivity contribution is 1.29. The van der Waals surface area contributed by atoms with Crippen molar-refractivity contribution in [2.24, 2.45) is 0 Å². The van der Waals surface area contributed by atoms with E-state index in [0.717, 1.165) is 17.1 Å². The van der Waals surface area contributed by atoms with Crippen LogP contribution >= 0.6 is 0 Å². The van der Waals surface area contributed by atoms with Crippen molar-refractivity contribution >= 4 is 60.2 Å². The Morgan fingerprint density at radius 1 is 0.237 bits per heavy atom. The first kappa shape index (κ1) is 34.5. The molecule has 276 valence electrons. The summed E-state index contributed by atoms with van der Waals surface area (Å²) in [4.78, 5) is 2.36. The quantitative estimate of drug-likeness (QED) is 0.147. The number of anilines is 3. The Hall–Kier alpha value is -7.74. The molecule has 59 heavy (non-hydrogen) atoms. The fourth-order valence-corrected chi connectivity index (χ4v) is 9.17. The minimum absolute atomic E-state index is 1.11. The van der Waals surface area contributed by atoms with Gasteiger partial charge in [-0.3, -0.25) is 0 Å². The number of fused-ring (bicyclic) bond motifs is 7. The van der Waals surface area contributed by atoms with Crippen LogP contribution in [0, 0.1) is 0 Å². The molecule has 0 saturated carbocycles. The van der Waals surface area contributed by atoms with E-state index in [9.17, 15) is 0 Å². The third-order valence-electron chi connectivity index (χ3n) is 11.8. The number of nitrogens with zero attached hydrogens (tertiary/aromatic N) is 1. The molecule has 0 bridgehead atoms. The summed E-state index contributed by atoms with van der Waals surface area (Å²) in [6.45, 7) is 0. The molecule has 0 fully saturated rings. The van der Waals surface area contributed by atoms with Gasteiger partial charge in [-0.2, -0.15) is 0 Å². The average molecular weight is 750 g/mol. The summed E-state index contributed by atoms with van der Waals surface area (Å²) >= 11 is 0. The fourth-order valence-electron chi connectivity index (χ4n) is 9.17. The topological polar surface area (TPSA) is 3.24 Å². The number of rotatable bonds is 7. The maximum atomic E-state index is 2.45. The van der Waals surface area contributed by atoms with Crippen molar-refractivity contribution in [3.8, 4) is 44.5 Å². The van der Waals surface area contributed by atoms with Crippen LogP contribution in [0.4, 0.5) is 17.1 Å². The summed E-state index contributed by atoms with van der Waals surface area (Å²) in [5.74, 6) is 0. The van der Waals surface area contributed by atoms with Crippen LogP contribution in [0.25, 0.3) is 87.6 Å². The number of para-hydroxylation sites is 2. The van der Waals surface area contributed by atoms with Gasteiger partial charge in [0.2, 0.25) is 0 Å². The Bertz CT molecular complexity index is 3240. The van der Waals surface area contributed by atoms with Crippen molar-refractivity contribution in [2.45, 2.75) is 0 Å². The van der Waals surface area contributed by atoms with E-state index in [-0.39, 0.29) is 0 Å². The Morgan fingerprint density at radius 2 is 0.729 bits per heavy atom. The van der Waals surface area contributed by atoms with Gasteiger partial charge in [-0.25, -0.2) is 0 Å². The molecule has 0 radical (unpaired) electrons. The van der Waals surface area contributed by atoms with Crippen molar-refractivity contribution in [3.63, 3.8) is 0 Å². The molecule has 0 N–H and O–H groups in total. The van der Waals surface area contributed by atoms with Gasteiger partial charge in [-0.1, -0.05) is 194 Å². The molecule has 0 saturated heterocycles. The first-order valence-corrected chi connectivity index (χ1v) is 20.3. The summed E-state index contributed by atoms with van der Waals surface area (Å²) in [5.41, 5.74) is 13.1. The molecule has 0 amide bonds. The van der Waals surface area contributed by atoms with E-state index in [0.29, 0.717) is 0 Å². The predicted octanol–water partition coefficient (Wildman–Crippen LogP) is 16.4. The Morgan fingerprint density at radius 3 is 1.39 bits per heavy atom. The zero-order valence-corrected chi connectivity index (χ0v) is 32.5. The van der Waals surface area contributed by atoms with E-state index >= 15 is 0 Å². The van der Waals surface area contributed by atoms with Crippen molar-refractivity contribution < 1.29 is 0 Å². The van der Waals surface area contributed by atoms with Crippen molar-refractivity contribution in [2.75, 3.05) is 4.90 Å². The van der Waals surface area contributed by atoms with Gasteiger partial charge in [0.05, 0.1) is 0 Å². The largest absolute Gasteiger partial charge is 0.310 e. The molecule has 0 unspecified atom stereocenters. The molecule has 11 aromatic carbocycles. The van der Waals surface area contributed by atoms with Gasteiger partial charge in [0.1, 0.15) is 0 Å². The second-order valence-electron chi connectivity index (χ2n) is 15.2. The van der Waals surface area contributed by atoms with E-state index in [1.54, 1.807) is 0 Å². The molecule has 0 aliphatic rings. The number of benzene rings is 11. The zero-order chi connectivity index (χ0) is 39.1. The van der Waals surface area contributed by atoms with Gasteiger partial charge >= 0.3 is 0 Å². The molecular formula is C58H39N. The van der Waals surface area contributed by atoms with Crippen LogP contribution in [0.5, 0.6) is 0 Å². The average Bonchev–Trinajstić information content (AvgIpc) is 3.32. The molecule has 0 spiro atoms. The second-order valence-corrected chi connectivity index (χ2v) is 15.2. The van der Waals surface area contributed by atoms with Crippen LogP contribution in [0.15, 0.2) is 237 Å². The van der Waals surface area contributed by atoms with Crippen molar-refractivity contribution in [1.82, 2.24) is 0 Å². The SMILES string of the molecule is c1ccc(-c2cc(-c3ccc(-c4cccc5ccccc45)cc3)c(-c3ccccc3)c3c4ccc(N(c5ccccc5)c5ccccc5)cc4c4ccccc4c23)cc1. The van der Waals surface area contributed by atoms with Gasteiger partial charge in [0.15, 0.2) is 0 Å². The Labute approximate surface area is 344 Å². The van der Waals surface area contributed by atoms with Crippen LogP contribution in [0.3, 0.4) is 0 Å². The first-order valence-electron chi connectivity index (χ1n) is 20.3. The molecule has 0 aliphatic carbocycles. The second kappa shape index (κ2) is 14.6. The number of hydrogen-bond donors (Lipinski definition) is 0. The Balaban J connectivity index is 1.24. The van der Waals surface area contributed by atoms with Gasteiger partial charge in [-0.05, 0) is 130 Å². The van der Waals surface area contributed by atoms with Crippen LogP contribution in [-0.2, 0) is 0 Å². The maximum absolute atomic E-state index is 2.45. The number of hydrogen-bond acceptors (Lipinski definition) is 1. The normalized spacial score (nSPS) is 11.4. The smallest absolute Gasteiger partial charge is 0.0468 e. The van der Waals surface area contributed by atoms with Gasteiger partial charge in [-0.15, -0.1) is 0 Å². The van der Waals surface area contributed by atoms with Gasteiger partial charge in [0, 0.05) is 17.1 Å².